The van der Waals surface area contributed by atoms with Gasteiger partial charge in [0.2, 0.25) is 0 Å². The highest BCUT2D eigenvalue weighted by atomic mass is 35.5. The number of morpholine rings is 1. The Morgan fingerprint density at radius 3 is 2.94 bits per heavy atom. The summed E-state index contributed by atoms with van der Waals surface area (Å²) in [6.07, 6.45) is -0.222. The molecule has 1 atom stereocenters. The van der Waals surface area contributed by atoms with Gasteiger partial charge in [-0.25, -0.2) is 14.4 Å². The van der Waals surface area contributed by atoms with Crippen LogP contribution in [0.5, 0.6) is 0 Å². The Balaban J connectivity index is 2.22. The monoisotopic (exact) mass is 259 g/mol. The smallest absolute Gasteiger partial charge is 0.181 e. The van der Waals surface area contributed by atoms with Crippen LogP contribution in [0, 0.1) is 12.7 Å². The second kappa shape index (κ2) is 5.25. The number of hydrogen-bond acceptors (Lipinski definition) is 4. The van der Waals surface area contributed by atoms with Gasteiger partial charge in [-0.05, 0) is 13.5 Å². The molecule has 1 aliphatic heterocycles. The van der Waals surface area contributed by atoms with Gasteiger partial charge < -0.3 is 4.74 Å². The van der Waals surface area contributed by atoms with Crippen molar-refractivity contribution in [2.75, 3.05) is 26.2 Å². The Labute approximate surface area is 105 Å². The van der Waals surface area contributed by atoms with E-state index in [1.54, 1.807) is 6.92 Å². The van der Waals surface area contributed by atoms with E-state index in [0.717, 1.165) is 19.6 Å². The molecule has 1 aromatic rings. The summed E-state index contributed by atoms with van der Waals surface area (Å²) >= 11 is 5.71. The minimum absolute atomic E-state index is 0.135. The third kappa shape index (κ3) is 2.73. The SMILES string of the molecule is CCN1CCOC(c2nc(C)c(F)c(Cl)n2)C1. The second-order valence-corrected chi connectivity index (χ2v) is 4.38. The molecular weight excluding hydrogens is 245 g/mol. The van der Waals surface area contributed by atoms with Crippen molar-refractivity contribution >= 4 is 11.6 Å². The summed E-state index contributed by atoms with van der Waals surface area (Å²) < 4.78 is 18.9. The molecule has 0 aliphatic carbocycles. The first kappa shape index (κ1) is 12.7. The Hall–Kier alpha value is -0.780. The van der Waals surface area contributed by atoms with Crippen molar-refractivity contribution < 1.29 is 9.13 Å². The van der Waals surface area contributed by atoms with Gasteiger partial charge in [0.15, 0.2) is 16.8 Å². The van der Waals surface area contributed by atoms with E-state index in [0.29, 0.717) is 12.4 Å². The van der Waals surface area contributed by atoms with Crippen LogP contribution >= 0.6 is 11.6 Å². The van der Waals surface area contributed by atoms with E-state index in [9.17, 15) is 4.39 Å². The van der Waals surface area contributed by atoms with E-state index in [1.807, 2.05) is 0 Å². The van der Waals surface area contributed by atoms with Crippen LogP contribution in [0.15, 0.2) is 0 Å². The second-order valence-electron chi connectivity index (χ2n) is 4.02. The van der Waals surface area contributed by atoms with Crippen molar-refractivity contribution in [1.29, 1.82) is 0 Å². The number of aromatic nitrogens is 2. The quantitative estimate of drug-likeness (QED) is 0.761. The summed E-state index contributed by atoms with van der Waals surface area (Å²) in [4.78, 5) is 10.3. The number of rotatable bonds is 2. The van der Waals surface area contributed by atoms with Gasteiger partial charge in [-0.15, -0.1) is 0 Å². The summed E-state index contributed by atoms with van der Waals surface area (Å²) in [6.45, 7) is 6.88. The maximum Gasteiger partial charge on any atom is 0.181 e. The fourth-order valence-corrected chi connectivity index (χ4v) is 2.06. The van der Waals surface area contributed by atoms with E-state index in [1.165, 1.54) is 0 Å². The molecular formula is C11H15ClFN3O. The minimum Gasteiger partial charge on any atom is -0.368 e. The lowest BCUT2D eigenvalue weighted by molar-refractivity contribution is -0.0327. The Morgan fingerprint density at radius 1 is 1.53 bits per heavy atom. The molecule has 2 rings (SSSR count). The van der Waals surface area contributed by atoms with Crippen molar-refractivity contribution in [3.8, 4) is 0 Å². The van der Waals surface area contributed by atoms with Gasteiger partial charge in [-0.2, -0.15) is 0 Å². The Bertz CT molecular complexity index is 393. The van der Waals surface area contributed by atoms with Crippen LogP contribution in [0.3, 0.4) is 0 Å². The molecule has 0 N–H and O–H groups in total. The first-order valence-corrected chi connectivity index (χ1v) is 6.03. The van der Waals surface area contributed by atoms with Crippen molar-refractivity contribution in [2.45, 2.75) is 20.0 Å². The Morgan fingerprint density at radius 2 is 2.29 bits per heavy atom. The van der Waals surface area contributed by atoms with E-state index >= 15 is 0 Å². The van der Waals surface area contributed by atoms with E-state index < -0.39 is 5.82 Å². The number of likely N-dealkylation sites (N-methyl/N-ethyl adjacent to an activating group) is 1. The number of nitrogens with zero attached hydrogens (tertiary/aromatic N) is 3. The molecule has 1 fully saturated rings. The molecule has 0 saturated carbocycles. The van der Waals surface area contributed by atoms with Gasteiger partial charge in [-0.3, -0.25) is 4.90 Å². The van der Waals surface area contributed by atoms with Crippen molar-refractivity contribution in [2.24, 2.45) is 0 Å². The summed E-state index contributed by atoms with van der Waals surface area (Å²) in [7, 11) is 0. The molecule has 6 heteroatoms. The molecule has 0 bridgehead atoms. The molecule has 0 aromatic carbocycles. The average molecular weight is 260 g/mol. The molecule has 1 aromatic heterocycles. The summed E-state index contributed by atoms with van der Waals surface area (Å²) in [5.74, 6) is -0.0920. The van der Waals surface area contributed by atoms with Crippen LogP contribution in [-0.2, 0) is 4.74 Å². The fourth-order valence-electron chi connectivity index (χ4n) is 1.83. The van der Waals surface area contributed by atoms with Crippen molar-refractivity contribution in [3.05, 3.63) is 22.5 Å². The van der Waals surface area contributed by atoms with Crippen LogP contribution < -0.4 is 0 Å². The van der Waals surface area contributed by atoms with E-state index in [2.05, 4.69) is 21.8 Å². The number of aryl methyl sites for hydroxylation is 1. The van der Waals surface area contributed by atoms with Gasteiger partial charge >= 0.3 is 0 Å². The van der Waals surface area contributed by atoms with Gasteiger partial charge in [0.25, 0.3) is 0 Å². The Kier molecular flexibility index (Phi) is 3.91. The predicted molar refractivity (Wildman–Crippen MR) is 62.5 cm³/mol. The number of ether oxygens (including phenoxy) is 1. The zero-order valence-corrected chi connectivity index (χ0v) is 10.7. The summed E-state index contributed by atoms with van der Waals surface area (Å²) in [5.41, 5.74) is 0.261. The van der Waals surface area contributed by atoms with Gasteiger partial charge in [0, 0.05) is 13.1 Å². The molecule has 4 nitrogen and oxygen atoms in total. The topological polar surface area (TPSA) is 38.2 Å². The first-order chi connectivity index (χ1) is 8.11. The highest BCUT2D eigenvalue weighted by Gasteiger charge is 2.24. The van der Waals surface area contributed by atoms with Gasteiger partial charge in [0.05, 0.1) is 12.3 Å². The van der Waals surface area contributed by atoms with E-state index in [4.69, 9.17) is 16.3 Å². The number of halogens is 2. The molecule has 1 unspecified atom stereocenters. The molecule has 17 heavy (non-hydrogen) atoms. The highest BCUT2D eigenvalue weighted by Crippen LogP contribution is 2.22. The molecule has 2 heterocycles. The largest absolute Gasteiger partial charge is 0.368 e. The van der Waals surface area contributed by atoms with Crippen LogP contribution in [0.4, 0.5) is 4.39 Å². The number of hydrogen-bond donors (Lipinski definition) is 0. The van der Waals surface area contributed by atoms with E-state index in [-0.39, 0.29) is 17.0 Å². The normalized spacial score (nSPS) is 21.8. The molecule has 1 saturated heterocycles. The van der Waals surface area contributed by atoms with Gasteiger partial charge in [-0.1, -0.05) is 18.5 Å². The molecule has 94 valence electrons. The van der Waals surface area contributed by atoms with Crippen molar-refractivity contribution in [3.63, 3.8) is 0 Å². The maximum atomic E-state index is 13.3. The predicted octanol–water partition coefficient (Wildman–Crippen LogP) is 1.97. The highest BCUT2D eigenvalue weighted by molar-refractivity contribution is 6.29. The zero-order chi connectivity index (χ0) is 12.4. The maximum absolute atomic E-state index is 13.3. The molecule has 0 spiro atoms. The third-order valence-corrected chi connectivity index (χ3v) is 3.13. The summed E-state index contributed by atoms with van der Waals surface area (Å²) in [6, 6.07) is 0. The molecule has 0 amide bonds. The van der Waals surface area contributed by atoms with Crippen LogP contribution in [0.1, 0.15) is 24.5 Å². The zero-order valence-electron chi connectivity index (χ0n) is 9.91. The van der Waals surface area contributed by atoms with Gasteiger partial charge in [0.1, 0.15) is 6.10 Å². The fraction of sp³-hybridized carbons (Fsp3) is 0.636. The first-order valence-electron chi connectivity index (χ1n) is 5.65. The molecule has 1 aliphatic rings. The average Bonchev–Trinajstić information content (AvgIpc) is 2.35. The van der Waals surface area contributed by atoms with Crippen molar-refractivity contribution in [1.82, 2.24) is 14.9 Å². The van der Waals surface area contributed by atoms with Crippen LogP contribution in [0.25, 0.3) is 0 Å². The summed E-state index contributed by atoms with van der Waals surface area (Å²) in [5, 5.41) is -0.135. The lowest BCUT2D eigenvalue weighted by atomic mass is 10.2. The lowest BCUT2D eigenvalue weighted by Gasteiger charge is -2.31. The minimum atomic E-state index is -0.557. The van der Waals surface area contributed by atoms with Crippen LogP contribution in [-0.4, -0.2) is 41.1 Å². The van der Waals surface area contributed by atoms with Crippen LogP contribution in [0.2, 0.25) is 5.15 Å². The lowest BCUT2D eigenvalue weighted by Crippen LogP contribution is -2.38. The standard InChI is InChI=1S/C11H15ClFN3O/c1-3-16-4-5-17-8(6-16)11-14-7(2)9(13)10(12)15-11/h8H,3-6H2,1-2H3. The molecule has 0 radical (unpaired) electrons. The third-order valence-electron chi connectivity index (χ3n) is 2.88.